The Hall–Kier alpha value is -3.78. The number of aromatic nitrogens is 1. The van der Waals surface area contributed by atoms with Gasteiger partial charge in [0.1, 0.15) is 23.6 Å². The van der Waals surface area contributed by atoms with E-state index >= 15 is 0 Å². The van der Waals surface area contributed by atoms with Crippen LogP contribution in [0.25, 0.3) is 0 Å². The number of halogens is 6. The van der Waals surface area contributed by atoms with Gasteiger partial charge in [-0.2, -0.15) is 26.3 Å². The SMILES string of the molecule is O=C(CC(F)(F)F)N1CCN(c2cc(OC3CCC(Nc4ccc([N+](=O)[O-])c(C(F)(F)F)c4)CC3)ccn2)CC1. The smallest absolute Gasteiger partial charge is 0.423 e. The van der Waals surface area contributed by atoms with Gasteiger partial charge in [0.05, 0.1) is 11.0 Å². The van der Waals surface area contributed by atoms with Crippen LogP contribution < -0.4 is 15.0 Å². The molecule has 2 heterocycles. The fraction of sp³-hybridized carbons (Fsp3) is 0.520. The Balaban J connectivity index is 1.28. The number of benzene rings is 1. The first-order valence-electron chi connectivity index (χ1n) is 12.6. The zero-order valence-electron chi connectivity index (χ0n) is 21.2. The predicted octanol–water partition coefficient (Wildman–Crippen LogP) is 5.41. The zero-order chi connectivity index (χ0) is 29.1. The van der Waals surface area contributed by atoms with Gasteiger partial charge < -0.3 is 19.9 Å². The van der Waals surface area contributed by atoms with Crippen molar-refractivity contribution in [2.24, 2.45) is 0 Å². The van der Waals surface area contributed by atoms with Crippen LogP contribution >= 0.6 is 0 Å². The highest BCUT2D eigenvalue weighted by atomic mass is 19.4. The van der Waals surface area contributed by atoms with Crippen molar-refractivity contribution in [2.75, 3.05) is 36.4 Å². The summed E-state index contributed by atoms with van der Waals surface area (Å²) in [6.07, 6.45) is -7.01. The van der Waals surface area contributed by atoms with Gasteiger partial charge >= 0.3 is 12.4 Å². The molecule has 0 bridgehead atoms. The Bertz CT molecular complexity index is 1210. The minimum absolute atomic E-state index is 0.133. The second-order valence-electron chi connectivity index (χ2n) is 9.73. The van der Waals surface area contributed by atoms with Gasteiger partial charge in [0.2, 0.25) is 5.91 Å². The van der Waals surface area contributed by atoms with E-state index in [1.165, 1.54) is 11.0 Å². The number of amides is 1. The molecular formula is C25H27F6N5O4. The zero-order valence-corrected chi connectivity index (χ0v) is 21.2. The molecule has 0 unspecified atom stereocenters. The van der Waals surface area contributed by atoms with Gasteiger partial charge in [-0.1, -0.05) is 0 Å². The van der Waals surface area contributed by atoms with E-state index in [2.05, 4.69) is 10.3 Å². The van der Waals surface area contributed by atoms with Crippen LogP contribution in [0.2, 0.25) is 0 Å². The van der Waals surface area contributed by atoms with Crippen molar-refractivity contribution in [1.29, 1.82) is 0 Å². The second kappa shape index (κ2) is 11.8. The molecule has 1 saturated carbocycles. The van der Waals surface area contributed by atoms with Crippen LogP contribution in [0.3, 0.4) is 0 Å². The molecule has 40 heavy (non-hydrogen) atoms. The third-order valence-electron chi connectivity index (χ3n) is 6.87. The number of rotatable bonds is 7. The molecule has 218 valence electrons. The molecule has 2 aliphatic rings. The molecule has 15 heteroatoms. The summed E-state index contributed by atoms with van der Waals surface area (Å²) in [4.78, 5) is 29.1. The largest absolute Gasteiger partial charge is 0.490 e. The molecule has 0 atom stereocenters. The van der Waals surface area contributed by atoms with Gasteiger partial charge in [0, 0.05) is 56.2 Å². The Morgan fingerprint density at radius 3 is 2.30 bits per heavy atom. The number of nitrogens with zero attached hydrogens (tertiary/aromatic N) is 4. The van der Waals surface area contributed by atoms with Gasteiger partial charge in [-0.3, -0.25) is 14.9 Å². The topological polar surface area (TPSA) is 101 Å². The fourth-order valence-corrected chi connectivity index (χ4v) is 4.88. The van der Waals surface area contributed by atoms with Crippen molar-refractivity contribution in [3.8, 4) is 5.75 Å². The monoisotopic (exact) mass is 575 g/mol. The average molecular weight is 576 g/mol. The normalized spacial score (nSPS) is 20.2. The van der Waals surface area contributed by atoms with Crippen molar-refractivity contribution in [2.45, 2.75) is 56.6 Å². The summed E-state index contributed by atoms with van der Waals surface area (Å²) in [6, 6.07) is 6.15. The molecule has 9 nitrogen and oxygen atoms in total. The highest BCUT2D eigenvalue weighted by Gasteiger charge is 2.39. The second-order valence-corrected chi connectivity index (χ2v) is 9.73. The third-order valence-corrected chi connectivity index (χ3v) is 6.87. The summed E-state index contributed by atoms with van der Waals surface area (Å²) < 4.78 is 83.4. The van der Waals surface area contributed by atoms with E-state index in [-0.39, 0.29) is 30.9 Å². The number of hydrogen-bond acceptors (Lipinski definition) is 7. The van der Waals surface area contributed by atoms with Crippen molar-refractivity contribution >= 4 is 23.1 Å². The number of carbonyl (C=O) groups excluding carboxylic acids is 1. The van der Waals surface area contributed by atoms with E-state index in [9.17, 15) is 41.3 Å². The molecule has 1 N–H and O–H groups in total. The van der Waals surface area contributed by atoms with Crippen molar-refractivity contribution in [1.82, 2.24) is 9.88 Å². The number of pyridine rings is 1. The molecule has 1 aromatic carbocycles. The standard InChI is InChI=1S/C25H27F6N5O4/c26-24(27,28)15-23(37)35-11-9-34(10-12-35)22-14-19(7-8-32-22)40-18-4-1-16(2-5-18)33-17-3-6-21(36(38)39)20(13-17)25(29,30)31/h3,6-8,13-14,16,18,33H,1-2,4-5,9-12,15H2. The molecule has 0 spiro atoms. The lowest BCUT2D eigenvalue weighted by molar-refractivity contribution is -0.388. The van der Waals surface area contributed by atoms with E-state index in [0.717, 1.165) is 12.1 Å². The van der Waals surface area contributed by atoms with Crippen molar-refractivity contribution in [3.63, 3.8) is 0 Å². The number of carbonyl (C=O) groups is 1. The molecule has 1 saturated heterocycles. The molecule has 1 aliphatic heterocycles. The molecule has 4 rings (SSSR count). The van der Waals surface area contributed by atoms with Gasteiger partial charge in [-0.05, 0) is 43.9 Å². The Morgan fingerprint density at radius 2 is 1.70 bits per heavy atom. The lowest BCUT2D eigenvalue weighted by atomic mass is 9.92. The van der Waals surface area contributed by atoms with Crippen molar-refractivity contribution < 1.29 is 40.8 Å². The number of piperazine rings is 1. The summed E-state index contributed by atoms with van der Waals surface area (Å²) in [5.74, 6) is 0.188. The first-order valence-corrected chi connectivity index (χ1v) is 12.6. The summed E-state index contributed by atoms with van der Waals surface area (Å²) in [5.41, 5.74) is -2.15. The maximum atomic E-state index is 13.3. The maximum absolute atomic E-state index is 13.3. The average Bonchev–Trinajstić information content (AvgIpc) is 2.88. The number of ether oxygens (including phenoxy) is 1. The number of alkyl halides is 6. The van der Waals surface area contributed by atoms with E-state index in [4.69, 9.17) is 4.74 Å². The van der Waals surface area contributed by atoms with Crippen LogP contribution in [0.1, 0.15) is 37.7 Å². The van der Waals surface area contributed by atoms with Gasteiger partial charge in [0.15, 0.2) is 0 Å². The highest BCUT2D eigenvalue weighted by Crippen LogP contribution is 2.38. The quantitative estimate of drug-likeness (QED) is 0.268. The molecular weight excluding hydrogens is 548 g/mol. The van der Waals surface area contributed by atoms with Crippen LogP contribution in [-0.4, -0.2) is 65.2 Å². The molecule has 1 aromatic heterocycles. The Kier molecular flexibility index (Phi) is 8.59. The minimum atomic E-state index is -4.85. The lowest BCUT2D eigenvalue weighted by Gasteiger charge is -2.35. The van der Waals surface area contributed by atoms with Gasteiger partial charge in [0.25, 0.3) is 5.69 Å². The first kappa shape index (κ1) is 29.2. The minimum Gasteiger partial charge on any atom is -0.490 e. The molecule has 2 aromatic rings. The fourth-order valence-electron chi connectivity index (χ4n) is 4.88. The molecule has 1 amide bonds. The van der Waals surface area contributed by atoms with Gasteiger partial charge in [-0.15, -0.1) is 0 Å². The van der Waals surface area contributed by atoms with E-state index in [1.54, 1.807) is 18.3 Å². The van der Waals surface area contributed by atoms with Crippen molar-refractivity contribution in [3.05, 3.63) is 52.2 Å². The maximum Gasteiger partial charge on any atom is 0.423 e. The summed E-state index contributed by atoms with van der Waals surface area (Å²) in [6.45, 7) is 0.959. The lowest BCUT2D eigenvalue weighted by Crippen LogP contribution is -2.49. The number of nitro groups is 1. The summed E-state index contributed by atoms with van der Waals surface area (Å²) in [7, 11) is 0. The van der Waals surface area contributed by atoms with Gasteiger partial charge in [-0.25, -0.2) is 4.98 Å². The summed E-state index contributed by atoms with van der Waals surface area (Å²) >= 11 is 0. The third kappa shape index (κ3) is 7.66. The van der Waals surface area contributed by atoms with Crippen LogP contribution in [0.15, 0.2) is 36.5 Å². The van der Waals surface area contributed by atoms with Crippen LogP contribution in [0.4, 0.5) is 43.5 Å². The molecule has 1 aliphatic carbocycles. The first-order chi connectivity index (χ1) is 18.8. The highest BCUT2D eigenvalue weighted by molar-refractivity contribution is 5.77. The van der Waals surface area contributed by atoms with Crippen LogP contribution in [-0.2, 0) is 11.0 Å². The summed E-state index contributed by atoms with van der Waals surface area (Å²) in [5, 5.41) is 14.0. The molecule has 0 radical (unpaired) electrons. The number of anilines is 2. The van der Waals surface area contributed by atoms with Crippen LogP contribution in [0, 0.1) is 10.1 Å². The van der Waals surface area contributed by atoms with E-state index < -0.39 is 40.9 Å². The predicted molar refractivity (Wildman–Crippen MR) is 132 cm³/mol. The number of nitro benzene ring substituents is 1. The van der Waals surface area contributed by atoms with E-state index in [0.29, 0.717) is 50.3 Å². The number of hydrogen-bond donors (Lipinski definition) is 1. The number of nitrogens with one attached hydrogen (secondary N) is 1. The van der Waals surface area contributed by atoms with Crippen LogP contribution in [0.5, 0.6) is 5.75 Å². The molecule has 2 fully saturated rings. The Morgan fingerprint density at radius 1 is 1.02 bits per heavy atom. The van der Waals surface area contributed by atoms with E-state index in [1.807, 2.05) is 4.90 Å². The Labute approximate surface area is 225 Å².